The van der Waals surface area contributed by atoms with Crippen LogP contribution in [0.15, 0.2) is 194 Å². The van der Waals surface area contributed by atoms with Crippen molar-refractivity contribution in [1.29, 1.82) is 0 Å². The number of nitrogens with zero attached hydrogens (tertiary/aromatic N) is 2. The molecule has 0 saturated carbocycles. The lowest BCUT2D eigenvalue weighted by Gasteiger charge is -2.31. The molecule has 61 heavy (non-hydrogen) atoms. The van der Waals surface area contributed by atoms with Crippen molar-refractivity contribution in [3.63, 3.8) is 0 Å². The maximum atomic E-state index is 6.99. The highest BCUT2D eigenvalue weighted by molar-refractivity contribution is 6.11. The summed E-state index contributed by atoms with van der Waals surface area (Å²) in [6, 6.07) is 70.8. The van der Waals surface area contributed by atoms with E-state index in [-0.39, 0.29) is 10.8 Å². The van der Waals surface area contributed by atoms with Gasteiger partial charge in [0.2, 0.25) is 0 Å². The second-order valence-corrected chi connectivity index (χ2v) is 17.7. The number of para-hydroxylation sites is 2. The number of ether oxygens (including phenoxy) is 1. The highest BCUT2D eigenvalue weighted by Gasteiger charge is 2.37. The topological polar surface area (TPSA) is 15.7 Å². The number of anilines is 6. The van der Waals surface area contributed by atoms with Crippen molar-refractivity contribution in [2.75, 3.05) is 9.80 Å². The van der Waals surface area contributed by atoms with Crippen molar-refractivity contribution in [3.05, 3.63) is 216 Å². The minimum Gasteiger partial charge on any atom is -0.456 e. The molecule has 0 spiro atoms. The van der Waals surface area contributed by atoms with Crippen molar-refractivity contribution in [2.45, 2.75) is 38.5 Å². The molecule has 3 nitrogen and oxygen atoms in total. The number of hydrogen-bond donors (Lipinski definition) is 0. The summed E-state index contributed by atoms with van der Waals surface area (Å²) in [6.07, 6.45) is 0. The first kappa shape index (κ1) is 35.6. The quantitative estimate of drug-likeness (QED) is 0.167. The monoisotopic (exact) mass is 784 g/mol. The van der Waals surface area contributed by atoms with Gasteiger partial charge in [-0.25, -0.2) is 0 Å². The Morgan fingerprint density at radius 3 is 1.41 bits per heavy atom. The fraction of sp³-hybridized carbons (Fsp3) is 0.103. The van der Waals surface area contributed by atoms with Crippen LogP contribution in [-0.4, -0.2) is 0 Å². The van der Waals surface area contributed by atoms with Crippen molar-refractivity contribution in [1.82, 2.24) is 0 Å². The summed E-state index contributed by atoms with van der Waals surface area (Å²) >= 11 is 0. The van der Waals surface area contributed by atoms with Crippen LogP contribution in [-0.2, 0) is 10.8 Å². The standard InChI is InChI=1S/C58H44N2O/c1-57(2)49-23-13-11-20-42(49)44-29-26-39(34-51(44)57)59(37-16-7-5-8-17-37)41-28-31-46-47-32-33-53(48-22-15-25-54(56(47)48)61-55(46)36-41)60(38-18-9-6-10-19-38)40-27-30-45-43-21-12-14-24-50(43)58(3,4)52(45)35-40/h5-36H,1-4H3. The van der Waals surface area contributed by atoms with Crippen LogP contribution in [0.5, 0.6) is 11.5 Å². The molecular weight excluding hydrogens is 741 g/mol. The second-order valence-electron chi connectivity index (χ2n) is 17.7. The summed E-state index contributed by atoms with van der Waals surface area (Å²) in [7, 11) is 0. The van der Waals surface area contributed by atoms with E-state index in [0.29, 0.717) is 0 Å². The molecule has 1 heterocycles. The molecule has 3 heteroatoms. The summed E-state index contributed by atoms with van der Waals surface area (Å²) < 4.78 is 6.99. The van der Waals surface area contributed by atoms with E-state index in [1.54, 1.807) is 0 Å². The molecular formula is C58H44N2O. The molecule has 0 N–H and O–H groups in total. The fourth-order valence-corrected chi connectivity index (χ4v) is 10.6. The summed E-state index contributed by atoms with van der Waals surface area (Å²) in [5, 5.41) is 2.26. The minimum absolute atomic E-state index is 0.108. The molecule has 12 rings (SSSR count). The summed E-state index contributed by atoms with van der Waals surface area (Å²) in [5.74, 6) is 1.71. The molecule has 3 aliphatic rings. The number of benzene rings is 9. The van der Waals surface area contributed by atoms with Crippen molar-refractivity contribution >= 4 is 44.9 Å². The largest absolute Gasteiger partial charge is 0.456 e. The van der Waals surface area contributed by atoms with Gasteiger partial charge in [-0.3, -0.25) is 0 Å². The zero-order valence-corrected chi connectivity index (χ0v) is 34.8. The average Bonchev–Trinajstić information content (AvgIpc) is 3.67. The predicted molar refractivity (Wildman–Crippen MR) is 254 cm³/mol. The molecule has 0 saturated heterocycles. The van der Waals surface area contributed by atoms with Crippen molar-refractivity contribution in [3.8, 4) is 44.9 Å². The van der Waals surface area contributed by atoms with Crippen LogP contribution in [0.25, 0.3) is 44.2 Å². The molecule has 292 valence electrons. The molecule has 0 amide bonds. The molecule has 0 bridgehead atoms. The van der Waals surface area contributed by atoms with Crippen LogP contribution in [0.1, 0.15) is 49.9 Å². The van der Waals surface area contributed by atoms with Crippen molar-refractivity contribution < 1.29 is 4.74 Å². The van der Waals surface area contributed by atoms with Crippen LogP contribution in [0, 0.1) is 0 Å². The molecule has 1 aliphatic heterocycles. The van der Waals surface area contributed by atoms with Gasteiger partial charge in [-0.15, -0.1) is 0 Å². The third kappa shape index (κ3) is 5.23. The normalized spacial score (nSPS) is 14.3. The zero-order valence-electron chi connectivity index (χ0n) is 34.8. The lowest BCUT2D eigenvalue weighted by molar-refractivity contribution is 0.487. The van der Waals surface area contributed by atoms with Crippen LogP contribution < -0.4 is 14.5 Å². The van der Waals surface area contributed by atoms with Crippen LogP contribution in [0.4, 0.5) is 34.1 Å². The van der Waals surface area contributed by atoms with E-state index in [2.05, 4.69) is 232 Å². The Morgan fingerprint density at radius 2 is 0.803 bits per heavy atom. The SMILES string of the molecule is CC1(C)c2ccccc2-c2ccc(N(c3ccccc3)c3ccc4c(c3)Oc3cccc5c(N(c6ccccc6)c6ccc7c(c6)C(C)(C)c6ccccc6-7)ccc-4c35)cc21. The number of hydrogen-bond acceptors (Lipinski definition) is 3. The van der Waals surface area contributed by atoms with Gasteiger partial charge in [0.1, 0.15) is 11.5 Å². The van der Waals surface area contributed by atoms with Crippen molar-refractivity contribution in [2.24, 2.45) is 0 Å². The Labute approximate surface area is 357 Å². The molecule has 9 aromatic carbocycles. The maximum Gasteiger partial charge on any atom is 0.137 e. The fourth-order valence-electron chi connectivity index (χ4n) is 10.6. The molecule has 2 aliphatic carbocycles. The first-order chi connectivity index (χ1) is 29.8. The second kappa shape index (κ2) is 13.1. The van der Waals surface area contributed by atoms with E-state index in [4.69, 9.17) is 4.74 Å². The maximum absolute atomic E-state index is 6.99. The zero-order chi connectivity index (χ0) is 41.0. The van der Waals surface area contributed by atoms with E-state index in [1.165, 1.54) is 50.1 Å². The van der Waals surface area contributed by atoms with Gasteiger partial charge in [0.05, 0.1) is 5.69 Å². The highest BCUT2D eigenvalue weighted by atomic mass is 16.5. The Hall–Kier alpha value is -7.36. The molecule has 0 fully saturated rings. The van der Waals surface area contributed by atoms with Gasteiger partial charge in [-0.2, -0.15) is 0 Å². The Kier molecular flexibility index (Phi) is 7.62. The number of rotatable bonds is 6. The molecule has 9 aromatic rings. The van der Waals surface area contributed by atoms with Gasteiger partial charge in [-0.1, -0.05) is 143 Å². The van der Waals surface area contributed by atoms with E-state index in [1.807, 2.05) is 0 Å². The average molecular weight is 785 g/mol. The lowest BCUT2D eigenvalue weighted by atomic mass is 9.82. The highest BCUT2D eigenvalue weighted by Crippen LogP contribution is 2.55. The summed E-state index contributed by atoms with van der Waals surface area (Å²) in [5.41, 5.74) is 19.4. The first-order valence-electron chi connectivity index (χ1n) is 21.3. The smallest absolute Gasteiger partial charge is 0.137 e. The van der Waals surface area contributed by atoms with E-state index < -0.39 is 0 Å². The van der Waals surface area contributed by atoms with Crippen LogP contribution in [0.2, 0.25) is 0 Å². The molecule has 0 unspecified atom stereocenters. The van der Waals surface area contributed by atoms with E-state index in [9.17, 15) is 0 Å². The Bertz CT molecular complexity index is 3240. The molecule has 0 atom stereocenters. The van der Waals surface area contributed by atoms with E-state index in [0.717, 1.165) is 62.0 Å². The Balaban J connectivity index is 0.978. The van der Waals surface area contributed by atoms with Crippen LogP contribution >= 0.6 is 0 Å². The summed E-state index contributed by atoms with van der Waals surface area (Å²) in [4.78, 5) is 4.77. The summed E-state index contributed by atoms with van der Waals surface area (Å²) in [6.45, 7) is 9.38. The molecule has 0 radical (unpaired) electrons. The van der Waals surface area contributed by atoms with Gasteiger partial charge >= 0.3 is 0 Å². The van der Waals surface area contributed by atoms with Gasteiger partial charge in [-0.05, 0) is 123 Å². The van der Waals surface area contributed by atoms with Gasteiger partial charge in [0, 0.05) is 61.7 Å². The van der Waals surface area contributed by atoms with Gasteiger partial charge in [0.15, 0.2) is 0 Å². The van der Waals surface area contributed by atoms with Gasteiger partial charge < -0.3 is 14.5 Å². The minimum atomic E-state index is -0.111. The van der Waals surface area contributed by atoms with E-state index >= 15 is 0 Å². The third-order valence-electron chi connectivity index (χ3n) is 13.6. The first-order valence-corrected chi connectivity index (χ1v) is 21.3. The third-order valence-corrected chi connectivity index (χ3v) is 13.6. The van der Waals surface area contributed by atoms with Gasteiger partial charge in [0.25, 0.3) is 0 Å². The number of fused-ring (bicyclic) bond motifs is 8. The lowest BCUT2D eigenvalue weighted by Crippen LogP contribution is -2.17. The van der Waals surface area contributed by atoms with Crippen LogP contribution in [0.3, 0.4) is 0 Å². The predicted octanol–water partition coefficient (Wildman–Crippen LogP) is 16.2. The Morgan fingerprint density at radius 1 is 0.328 bits per heavy atom. The molecule has 0 aromatic heterocycles.